The van der Waals surface area contributed by atoms with E-state index in [1.165, 1.54) is 0 Å². The molecule has 0 bridgehead atoms. The standard InChI is InChI=1S/C20H26N6O2.ClH/c1-24-17-6-5-14(10-18(17)25(2)20(24)28)11-22-19(27)13-26-9-7-16(23-26)15-4-3-8-21-12-15;/h5-7,9-10,15,21H,3-4,8,11-13H2,1-2H3,(H,22,27);1H. The molecule has 1 aromatic carbocycles. The second-order valence-electron chi connectivity index (χ2n) is 7.48. The summed E-state index contributed by atoms with van der Waals surface area (Å²) in [6.45, 7) is 2.64. The second-order valence-corrected chi connectivity index (χ2v) is 7.48. The fourth-order valence-electron chi connectivity index (χ4n) is 3.85. The van der Waals surface area contributed by atoms with Crippen molar-refractivity contribution in [1.82, 2.24) is 29.5 Å². The van der Waals surface area contributed by atoms with Gasteiger partial charge in [0.2, 0.25) is 5.91 Å². The maximum Gasteiger partial charge on any atom is 0.328 e. The van der Waals surface area contributed by atoms with Crippen LogP contribution in [-0.2, 0) is 32.0 Å². The van der Waals surface area contributed by atoms with Gasteiger partial charge >= 0.3 is 5.69 Å². The number of carbonyl (C=O) groups is 1. The molecule has 3 heterocycles. The van der Waals surface area contributed by atoms with E-state index in [1.54, 1.807) is 27.9 Å². The minimum Gasteiger partial charge on any atom is -0.350 e. The molecule has 1 amide bonds. The maximum absolute atomic E-state index is 12.3. The molecular weight excluding hydrogens is 392 g/mol. The van der Waals surface area contributed by atoms with E-state index in [9.17, 15) is 9.59 Å². The summed E-state index contributed by atoms with van der Waals surface area (Å²) in [5.74, 6) is 0.348. The first-order valence-electron chi connectivity index (χ1n) is 9.68. The minimum absolute atomic E-state index is 0. The summed E-state index contributed by atoms with van der Waals surface area (Å²) in [4.78, 5) is 24.3. The number of fused-ring (bicyclic) bond motifs is 1. The Hall–Kier alpha value is -2.58. The Balaban J connectivity index is 0.00000240. The van der Waals surface area contributed by atoms with Crippen molar-refractivity contribution in [1.29, 1.82) is 0 Å². The van der Waals surface area contributed by atoms with Crippen molar-refractivity contribution in [2.75, 3.05) is 13.1 Å². The van der Waals surface area contributed by atoms with E-state index in [1.807, 2.05) is 30.5 Å². The molecule has 9 heteroatoms. The van der Waals surface area contributed by atoms with Gasteiger partial charge in [0, 0.05) is 39.3 Å². The van der Waals surface area contributed by atoms with E-state index < -0.39 is 0 Å². The molecule has 1 aliphatic rings. The number of rotatable bonds is 5. The van der Waals surface area contributed by atoms with Gasteiger partial charge in [0.1, 0.15) is 6.54 Å². The first-order valence-corrected chi connectivity index (χ1v) is 9.68. The van der Waals surface area contributed by atoms with E-state index in [-0.39, 0.29) is 30.5 Å². The van der Waals surface area contributed by atoms with Crippen LogP contribution in [0.3, 0.4) is 0 Å². The Kier molecular flexibility index (Phi) is 6.44. The fraction of sp³-hybridized carbons (Fsp3) is 0.450. The van der Waals surface area contributed by atoms with Crippen molar-refractivity contribution in [2.24, 2.45) is 14.1 Å². The average molecular weight is 419 g/mol. The number of nitrogens with one attached hydrogen (secondary N) is 2. The Morgan fingerprint density at radius 2 is 2.03 bits per heavy atom. The molecule has 0 spiro atoms. The third kappa shape index (κ3) is 4.38. The van der Waals surface area contributed by atoms with Gasteiger partial charge < -0.3 is 10.6 Å². The second kappa shape index (κ2) is 8.84. The highest BCUT2D eigenvalue weighted by molar-refractivity contribution is 5.85. The summed E-state index contributed by atoms with van der Waals surface area (Å²) in [5, 5.41) is 10.9. The summed E-state index contributed by atoms with van der Waals surface area (Å²) in [6, 6.07) is 7.80. The number of aryl methyl sites for hydroxylation is 2. The molecule has 1 atom stereocenters. The lowest BCUT2D eigenvalue weighted by atomic mass is 9.97. The highest BCUT2D eigenvalue weighted by atomic mass is 35.5. The summed E-state index contributed by atoms with van der Waals surface area (Å²) < 4.78 is 4.93. The number of halogens is 1. The molecule has 2 N–H and O–H groups in total. The number of piperidine rings is 1. The van der Waals surface area contributed by atoms with E-state index in [0.29, 0.717) is 12.5 Å². The predicted molar refractivity (Wildman–Crippen MR) is 114 cm³/mol. The maximum atomic E-state index is 12.3. The summed E-state index contributed by atoms with van der Waals surface area (Å²) in [5.41, 5.74) is 3.69. The zero-order valence-electron chi connectivity index (χ0n) is 16.7. The number of carbonyl (C=O) groups excluding carboxylic acids is 1. The molecule has 1 saturated heterocycles. The smallest absolute Gasteiger partial charge is 0.328 e. The number of hydrogen-bond acceptors (Lipinski definition) is 4. The van der Waals surface area contributed by atoms with Crippen LogP contribution in [-0.4, -0.2) is 37.9 Å². The number of nitrogens with zero attached hydrogens (tertiary/aromatic N) is 4. The average Bonchev–Trinajstić information content (AvgIpc) is 3.26. The number of amides is 1. The topological polar surface area (TPSA) is 85.9 Å². The van der Waals surface area contributed by atoms with Crippen molar-refractivity contribution in [3.63, 3.8) is 0 Å². The highest BCUT2D eigenvalue weighted by Gasteiger charge is 2.18. The predicted octanol–water partition coefficient (Wildman–Crippen LogP) is 1.28. The van der Waals surface area contributed by atoms with Crippen LogP contribution >= 0.6 is 12.4 Å². The molecule has 0 aliphatic carbocycles. The molecule has 8 nitrogen and oxygen atoms in total. The van der Waals surface area contributed by atoms with Gasteiger partial charge in [-0.3, -0.25) is 18.6 Å². The van der Waals surface area contributed by atoms with Crippen LogP contribution in [0.1, 0.15) is 30.0 Å². The molecule has 3 aromatic rings. The lowest BCUT2D eigenvalue weighted by Crippen LogP contribution is -2.29. The lowest BCUT2D eigenvalue weighted by Gasteiger charge is -2.20. The largest absolute Gasteiger partial charge is 0.350 e. The van der Waals surface area contributed by atoms with Crippen LogP contribution in [0.15, 0.2) is 35.3 Å². The van der Waals surface area contributed by atoms with Gasteiger partial charge in [-0.1, -0.05) is 6.07 Å². The van der Waals surface area contributed by atoms with Crippen molar-refractivity contribution in [2.45, 2.75) is 31.8 Å². The van der Waals surface area contributed by atoms with Crippen molar-refractivity contribution < 1.29 is 4.79 Å². The van der Waals surface area contributed by atoms with Crippen LogP contribution in [0, 0.1) is 0 Å². The highest BCUT2D eigenvalue weighted by Crippen LogP contribution is 2.21. The van der Waals surface area contributed by atoms with Gasteiger partial charge in [-0.05, 0) is 43.1 Å². The quantitative estimate of drug-likeness (QED) is 0.653. The number of benzene rings is 1. The summed E-state index contributed by atoms with van der Waals surface area (Å²) in [7, 11) is 3.51. The molecule has 2 aromatic heterocycles. The molecule has 1 unspecified atom stereocenters. The monoisotopic (exact) mass is 418 g/mol. The summed E-state index contributed by atoms with van der Waals surface area (Å²) in [6.07, 6.45) is 4.17. The van der Waals surface area contributed by atoms with Crippen LogP contribution in [0.5, 0.6) is 0 Å². The number of imidazole rings is 1. The van der Waals surface area contributed by atoms with E-state index in [4.69, 9.17) is 0 Å². The van der Waals surface area contributed by atoms with Crippen molar-refractivity contribution in [3.8, 4) is 0 Å². The Morgan fingerprint density at radius 3 is 2.79 bits per heavy atom. The molecule has 29 heavy (non-hydrogen) atoms. The number of aromatic nitrogens is 4. The van der Waals surface area contributed by atoms with Crippen LogP contribution < -0.4 is 16.3 Å². The number of hydrogen-bond donors (Lipinski definition) is 2. The van der Waals surface area contributed by atoms with Gasteiger partial charge in [0.05, 0.1) is 16.7 Å². The molecular formula is C20H27ClN6O2. The minimum atomic E-state index is -0.0848. The zero-order chi connectivity index (χ0) is 19.7. The SMILES string of the molecule is Cl.Cn1c(=O)n(C)c2cc(CNC(=O)Cn3ccc(C4CCCNC4)n3)ccc21. The van der Waals surface area contributed by atoms with Gasteiger partial charge in [-0.15, -0.1) is 12.4 Å². The molecule has 1 fully saturated rings. The van der Waals surface area contributed by atoms with Crippen LogP contribution in [0.4, 0.5) is 0 Å². The molecule has 156 valence electrons. The van der Waals surface area contributed by atoms with Gasteiger partial charge in [0.25, 0.3) is 0 Å². The van der Waals surface area contributed by atoms with E-state index >= 15 is 0 Å². The zero-order valence-corrected chi connectivity index (χ0v) is 17.5. The molecule has 1 aliphatic heterocycles. The fourth-order valence-corrected chi connectivity index (χ4v) is 3.85. The normalized spacial score (nSPS) is 16.6. The van der Waals surface area contributed by atoms with Gasteiger partial charge in [0.15, 0.2) is 0 Å². The third-order valence-electron chi connectivity index (χ3n) is 5.51. The lowest BCUT2D eigenvalue weighted by molar-refractivity contribution is -0.122. The Labute approximate surface area is 175 Å². The molecule has 4 rings (SSSR count). The van der Waals surface area contributed by atoms with E-state index in [2.05, 4.69) is 15.7 Å². The molecule has 0 radical (unpaired) electrons. The Bertz CT molecular complexity index is 1060. The van der Waals surface area contributed by atoms with Crippen molar-refractivity contribution >= 4 is 29.3 Å². The van der Waals surface area contributed by atoms with Crippen LogP contribution in [0.25, 0.3) is 11.0 Å². The van der Waals surface area contributed by atoms with Crippen LogP contribution in [0.2, 0.25) is 0 Å². The first-order chi connectivity index (χ1) is 13.5. The van der Waals surface area contributed by atoms with Gasteiger partial charge in [-0.2, -0.15) is 5.10 Å². The molecule has 0 saturated carbocycles. The third-order valence-corrected chi connectivity index (χ3v) is 5.51. The first kappa shape index (κ1) is 21.1. The van der Waals surface area contributed by atoms with Gasteiger partial charge in [-0.25, -0.2) is 4.79 Å². The van der Waals surface area contributed by atoms with E-state index in [0.717, 1.165) is 48.2 Å². The summed E-state index contributed by atoms with van der Waals surface area (Å²) >= 11 is 0. The van der Waals surface area contributed by atoms with Crippen molar-refractivity contribution in [3.05, 3.63) is 52.2 Å². The Morgan fingerprint density at radius 1 is 1.24 bits per heavy atom.